The summed E-state index contributed by atoms with van der Waals surface area (Å²) in [7, 11) is -2.41. The number of nitrogens with zero attached hydrogens (tertiary/aromatic N) is 1. The minimum absolute atomic E-state index is 0.0339. The average molecular weight is 459 g/mol. The van der Waals surface area contributed by atoms with Crippen LogP contribution in [0.25, 0.3) is 0 Å². The number of methoxy groups -OCH3 is 1. The van der Waals surface area contributed by atoms with Crippen molar-refractivity contribution < 1.29 is 22.7 Å². The van der Waals surface area contributed by atoms with Gasteiger partial charge in [-0.2, -0.15) is 4.31 Å². The fourth-order valence-corrected chi connectivity index (χ4v) is 5.90. The first-order valence-corrected chi connectivity index (χ1v) is 12.2. The molecule has 1 N–H and O–H groups in total. The molecule has 2 aromatic carbocycles. The molecule has 1 saturated heterocycles. The van der Waals surface area contributed by atoms with Gasteiger partial charge in [0.2, 0.25) is 10.0 Å². The number of benzene rings is 2. The number of sulfonamides is 1. The van der Waals surface area contributed by atoms with Gasteiger partial charge in [-0.25, -0.2) is 8.42 Å². The van der Waals surface area contributed by atoms with Gasteiger partial charge in [-0.15, -0.1) is 0 Å². The minimum atomic E-state index is -3.71. The number of carbonyl (C=O) groups is 2. The molecule has 0 unspecified atom stereocenters. The number of carbonyl (C=O) groups excluding carboxylic acids is 2. The third-order valence-electron chi connectivity index (χ3n) is 5.68. The van der Waals surface area contributed by atoms with Crippen molar-refractivity contribution in [1.82, 2.24) is 9.62 Å². The third kappa shape index (κ3) is 5.75. The zero-order chi connectivity index (χ0) is 23.3. The van der Waals surface area contributed by atoms with E-state index in [0.29, 0.717) is 13.1 Å². The predicted octanol–water partition coefficient (Wildman–Crippen LogP) is 3.39. The fourth-order valence-electron chi connectivity index (χ4n) is 4.18. The second-order valence-corrected chi connectivity index (χ2v) is 10.5. The molecule has 8 heteroatoms. The van der Waals surface area contributed by atoms with Crippen molar-refractivity contribution in [2.75, 3.05) is 20.2 Å². The van der Waals surface area contributed by atoms with Crippen LogP contribution in [-0.4, -0.2) is 44.8 Å². The molecule has 0 aromatic heterocycles. The smallest absolute Gasteiger partial charge is 0.307 e. The van der Waals surface area contributed by atoms with Crippen LogP contribution in [0.3, 0.4) is 0 Å². The van der Waals surface area contributed by atoms with Crippen LogP contribution in [0.5, 0.6) is 0 Å². The summed E-state index contributed by atoms with van der Waals surface area (Å²) in [6.45, 7) is 5.04. The van der Waals surface area contributed by atoms with E-state index in [9.17, 15) is 18.0 Å². The number of ether oxygens (including phenoxy) is 1. The second-order valence-electron chi connectivity index (χ2n) is 8.51. The molecule has 0 spiro atoms. The van der Waals surface area contributed by atoms with Crippen LogP contribution >= 0.6 is 0 Å². The van der Waals surface area contributed by atoms with Crippen molar-refractivity contribution in [3.63, 3.8) is 0 Å². The Balaban J connectivity index is 1.83. The molecule has 1 amide bonds. The Morgan fingerprint density at radius 3 is 2.34 bits per heavy atom. The first-order valence-electron chi connectivity index (χ1n) is 10.7. The zero-order valence-electron chi connectivity index (χ0n) is 18.7. The molecule has 0 saturated carbocycles. The second kappa shape index (κ2) is 10.3. The van der Waals surface area contributed by atoms with E-state index in [1.54, 1.807) is 12.1 Å². The highest BCUT2D eigenvalue weighted by atomic mass is 32.2. The Morgan fingerprint density at radius 1 is 1.06 bits per heavy atom. The molecule has 0 bridgehead atoms. The summed E-state index contributed by atoms with van der Waals surface area (Å²) in [6, 6.07) is 14.6. The molecule has 3 rings (SSSR count). The quantitative estimate of drug-likeness (QED) is 0.642. The van der Waals surface area contributed by atoms with Gasteiger partial charge in [0.05, 0.1) is 24.5 Å². The van der Waals surface area contributed by atoms with Crippen molar-refractivity contribution in [2.45, 2.75) is 37.6 Å². The maximum Gasteiger partial charge on any atom is 0.307 e. The van der Waals surface area contributed by atoms with E-state index in [2.05, 4.69) is 5.32 Å². The van der Waals surface area contributed by atoms with Crippen LogP contribution in [0.4, 0.5) is 0 Å². The highest BCUT2D eigenvalue weighted by Gasteiger charge is 2.32. The van der Waals surface area contributed by atoms with Crippen molar-refractivity contribution in [1.29, 1.82) is 0 Å². The number of amides is 1. The first-order chi connectivity index (χ1) is 15.2. The summed E-state index contributed by atoms with van der Waals surface area (Å²) in [5.74, 6) is -0.348. The van der Waals surface area contributed by atoms with Crippen LogP contribution in [0.2, 0.25) is 0 Å². The summed E-state index contributed by atoms with van der Waals surface area (Å²) < 4.78 is 32.7. The van der Waals surface area contributed by atoms with Crippen LogP contribution in [0, 0.1) is 11.8 Å². The predicted molar refractivity (Wildman–Crippen MR) is 121 cm³/mol. The lowest BCUT2D eigenvalue weighted by molar-refractivity contribution is -0.141. The van der Waals surface area contributed by atoms with Crippen molar-refractivity contribution in [2.24, 2.45) is 11.8 Å². The number of piperidine rings is 1. The standard InChI is InChI=1S/C24H30N2O5S/c1-17-12-18(2)16-26(15-17)32(29,30)21-11-7-10-20(13-21)24(28)25-22(14-23(27)31-3)19-8-5-4-6-9-19/h4-11,13,17-18,22H,12,14-16H2,1-3H3,(H,25,28)/t17-,18+,22-/m0/s1. The van der Waals surface area contributed by atoms with Crippen molar-refractivity contribution in [3.8, 4) is 0 Å². The lowest BCUT2D eigenvalue weighted by atomic mass is 9.94. The SMILES string of the molecule is COC(=O)C[C@H](NC(=O)c1cccc(S(=O)(=O)N2C[C@H](C)C[C@H](C)C2)c1)c1ccccc1. The summed E-state index contributed by atoms with van der Waals surface area (Å²) in [6.07, 6.45) is 0.962. The number of nitrogens with one attached hydrogen (secondary N) is 1. The van der Waals surface area contributed by atoms with Gasteiger partial charge in [0, 0.05) is 18.7 Å². The topological polar surface area (TPSA) is 92.8 Å². The lowest BCUT2D eigenvalue weighted by Crippen LogP contribution is -2.42. The van der Waals surface area contributed by atoms with Gasteiger partial charge in [0.25, 0.3) is 5.91 Å². The minimum Gasteiger partial charge on any atom is -0.469 e. The molecule has 32 heavy (non-hydrogen) atoms. The molecule has 0 aliphatic carbocycles. The van der Waals surface area contributed by atoms with Crippen molar-refractivity contribution >= 4 is 21.9 Å². The Kier molecular flexibility index (Phi) is 7.69. The van der Waals surface area contributed by atoms with Crippen LogP contribution in [0.1, 0.15) is 48.7 Å². The largest absolute Gasteiger partial charge is 0.469 e. The van der Waals surface area contributed by atoms with Crippen LogP contribution < -0.4 is 5.32 Å². The molecular weight excluding hydrogens is 428 g/mol. The van der Waals surface area contributed by atoms with Gasteiger partial charge >= 0.3 is 5.97 Å². The van der Waals surface area contributed by atoms with E-state index in [1.165, 1.54) is 23.5 Å². The van der Waals surface area contributed by atoms with E-state index < -0.39 is 27.9 Å². The monoisotopic (exact) mass is 458 g/mol. The number of hydrogen-bond donors (Lipinski definition) is 1. The Bertz CT molecular complexity index is 1050. The zero-order valence-corrected chi connectivity index (χ0v) is 19.5. The fraction of sp³-hybridized carbons (Fsp3) is 0.417. The van der Waals surface area contributed by atoms with Gasteiger partial charge in [-0.1, -0.05) is 50.2 Å². The Labute approximate surface area is 189 Å². The lowest BCUT2D eigenvalue weighted by Gasteiger charge is -2.34. The van der Waals surface area contributed by atoms with Gasteiger partial charge in [0.1, 0.15) is 0 Å². The molecule has 7 nitrogen and oxygen atoms in total. The van der Waals surface area contributed by atoms with Gasteiger partial charge in [-0.05, 0) is 42.0 Å². The molecule has 3 atom stereocenters. The maximum atomic E-state index is 13.2. The van der Waals surface area contributed by atoms with Crippen LogP contribution in [-0.2, 0) is 19.6 Å². The van der Waals surface area contributed by atoms with E-state index in [1.807, 2.05) is 44.2 Å². The molecule has 1 aliphatic heterocycles. The summed E-state index contributed by atoms with van der Waals surface area (Å²) in [5.41, 5.74) is 0.973. The summed E-state index contributed by atoms with van der Waals surface area (Å²) in [5, 5.41) is 2.84. The summed E-state index contributed by atoms with van der Waals surface area (Å²) >= 11 is 0. The van der Waals surface area contributed by atoms with Gasteiger partial charge in [-0.3, -0.25) is 9.59 Å². The van der Waals surface area contributed by atoms with Crippen LogP contribution in [0.15, 0.2) is 59.5 Å². The molecule has 2 aromatic rings. The van der Waals surface area contributed by atoms with Gasteiger partial charge < -0.3 is 10.1 Å². The highest BCUT2D eigenvalue weighted by molar-refractivity contribution is 7.89. The van der Waals surface area contributed by atoms with E-state index in [-0.39, 0.29) is 28.7 Å². The molecule has 1 heterocycles. The number of esters is 1. The molecule has 172 valence electrons. The highest BCUT2D eigenvalue weighted by Crippen LogP contribution is 2.27. The van der Waals surface area contributed by atoms with Crippen molar-refractivity contribution in [3.05, 3.63) is 65.7 Å². The average Bonchev–Trinajstić information content (AvgIpc) is 2.78. The molecule has 1 fully saturated rings. The Hall–Kier alpha value is -2.71. The summed E-state index contributed by atoms with van der Waals surface area (Å²) in [4.78, 5) is 24.9. The maximum absolute atomic E-state index is 13.2. The molecule has 0 radical (unpaired) electrons. The van der Waals surface area contributed by atoms with E-state index >= 15 is 0 Å². The van der Waals surface area contributed by atoms with E-state index in [0.717, 1.165) is 12.0 Å². The Morgan fingerprint density at radius 2 is 1.72 bits per heavy atom. The van der Waals surface area contributed by atoms with Gasteiger partial charge in [0.15, 0.2) is 0 Å². The first kappa shape index (κ1) is 23.9. The molecule has 1 aliphatic rings. The number of hydrogen-bond acceptors (Lipinski definition) is 5. The third-order valence-corrected chi connectivity index (χ3v) is 7.50. The number of rotatable bonds is 7. The molecular formula is C24H30N2O5S. The normalized spacial score (nSPS) is 20.3. The van der Waals surface area contributed by atoms with E-state index in [4.69, 9.17) is 4.74 Å².